The summed E-state index contributed by atoms with van der Waals surface area (Å²) in [4.78, 5) is 41.1. The van der Waals surface area contributed by atoms with Gasteiger partial charge < -0.3 is 14.6 Å². The summed E-state index contributed by atoms with van der Waals surface area (Å²) in [6, 6.07) is 7.48. The first-order chi connectivity index (χ1) is 17.2. The number of fused-ring (bicyclic) bond motifs is 1. The first-order valence-electron chi connectivity index (χ1n) is 11.3. The van der Waals surface area contributed by atoms with E-state index in [4.69, 9.17) is 9.47 Å². The van der Waals surface area contributed by atoms with Crippen molar-refractivity contribution < 1.29 is 19.4 Å². The SMILES string of the molecule is COCCOc1ccccc1CCn1c(=O)n(C(C)(C)C(=O)O)c(=O)c2c(C)c(-n3nccn3)sc21. The van der Waals surface area contributed by atoms with Gasteiger partial charge in [-0.2, -0.15) is 10.2 Å². The summed E-state index contributed by atoms with van der Waals surface area (Å²) in [6.07, 6.45) is 3.45. The van der Waals surface area contributed by atoms with Crippen LogP contribution in [0.1, 0.15) is 25.0 Å². The number of rotatable bonds is 10. The van der Waals surface area contributed by atoms with Crippen molar-refractivity contribution in [3.05, 3.63) is 68.6 Å². The molecule has 0 radical (unpaired) electrons. The van der Waals surface area contributed by atoms with Gasteiger partial charge in [0.1, 0.15) is 27.7 Å². The predicted molar refractivity (Wildman–Crippen MR) is 134 cm³/mol. The zero-order valence-electron chi connectivity index (χ0n) is 20.4. The summed E-state index contributed by atoms with van der Waals surface area (Å²) >= 11 is 1.21. The number of hydrogen-bond donors (Lipinski definition) is 1. The van der Waals surface area contributed by atoms with Crippen LogP contribution in [0.3, 0.4) is 0 Å². The lowest BCUT2D eigenvalue weighted by Crippen LogP contribution is -2.52. The molecular weight excluding hydrogens is 486 g/mol. The van der Waals surface area contributed by atoms with Gasteiger partial charge in [-0.1, -0.05) is 29.5 Å². The largest absolute Gasteiger partial charge is 0.491 e. The average molecular weight is 514 g/mol. The number of para-hydroxylation sites is 1. The number of methoxy groups -OCH3 is 1. The van der Waals surface area contributed by atoms with Crippen molar-refractivity contribution in [2.24, 2.45) is 0 Å². The molecule has 0 spiro atoms. The molecule has 4 rings (SSSR count). The Morgan fingerprint density at radius 2 is 1.83 bits per heavy atom. The fourth-order valence-electron chi connectivity index (χ4n) is 3.95. The van der Waals surface area contributed by atoms with Gasteiger partial charge in [-0.15, -0.1) is 4.80 Å². The number of nitrogens with zero attached hydrogens (tertiary/aromatic N) is 5. The van der Waals surface area contributed by atoms with Gasteiger partial charge in [-0.25, -0.2) is 14.2 Å². The summed E-state index contributed by atoms with van der Waals surface area (Å²) < 4.78 is 13.2. The number of carboxylic acids is 1. The molecule has 3 aromatic heterocycles. The molecule has 0 saturated carbocycles. The Morgan fingerprint density at radius 3 is 2.50 bits per heavy atom. The molecule has 0 fully saturated rings. The van der Waals surface area contributed by atoms with Crippen LogP contribution in [0.4, 0.5) is 0 Å². The van der Waals surface area contributed by atoms with E-state index in [0.29, 0.717) is 40.8 Å². The number of carboxylic acid groups (broad SMARTS) is 1. The summed E-state index contributed by atoms with van der Waals surface area (Å²) in [5.41, 5.74) is -1.67. The fourth-order valence-corrected chi connectivity index (χ4v) is 5.19. The third-order valence-corrected chi connectivity index (χ3v) is 7.27. The zero-order chi connectivity index (χ0) is 26.0. The van der Waals surface area contributed by atoms with Crippen LogP contribution in [0.15, 0.2) is 46.2 Å². The van der Waals surface area contributed by atoms with Gasteiger partial charge in [0, 0.05) is 19.2 Å². The molecule has 12 heteroatoms. The fraction of sp³-hybridized carbons (Fsp3) is 0.375. The lowest BCUT2D eigenvalue weighted by atomic mass is 10.1. The molecular formula is C24H27N5O6S. The van der Waals surface area contributed by atoms with Crippen LogP contribution in [-0.4, -0.2) is 55.5 Å². The Labute approximate surface area is 210 Å². The van der Waals surface area contributed by atoms with Crippen molar-refractivity contribution in [1.29, 1.82) is 0 Å². The summed E-state index contributed by atoms with van der Waals surface area (Å²) in [5, 5.41) is 19.0. The van der Waals surface area contributed by atoms with E-state index in [2.05, 4.69) is 10.2 Å². The molecule has 0 amide bonds. The molecule has 1 N–H and O–H groups in total. The number of hydrogen-bond acceptors (Lipinski definition) is 8. The van der Waals surface area contributed by atoms with Crippen molar-refractivity contribution in [3.63, 3.8) is 0 Å². The molecule has 0 bridgehead atoms. The quantitative estimate of drug-likeness (QED) is 0.320. The van der Waals surface area contributed by atoms with E-state index in [1.807, 2.05) is 24.3 Å². The third kappa shape index (κ3) is 4.44. The van der Waals surface area contributed by atoms with Gasteiger partial charge in [0.05, 0.1) is 24.4 Å². The van der Waals surface area contributed by atoms with Gasteiger partial charge in [0.15, 0.2) is 0 Å². The second-order valence-electron chi connectivity index (χ2n) is 8.67. The van der Waals surface area contributed by atoms with Crippen molar-refractivity contribution in [3.8, 4) is 10.8 Å². The van der Waals surface area contributed by atoms with Crippen molar-refractivity contribution in [2.75, 3.05) is 20.3 Å². The highest BCUT2D eigenvalue weighted by atomic mass is 32.1. The Kier molecular flexibility index (Phi) is 7.09. The van der Waals surface area contributed by atoms with Crippen LogP contribution in [0.5, 0.6) is 5.75 Å². The first kappa shape index (κ1) is 25.3. The highest BCUT2D eigenvalue weighted by Gasteiger charge is 2.35. The topological polar surface area (TPSA) is 130 Å². The van der Waals surface area contributed by atoms with E-state index in [-0.39, 0.29) is 11.9 Å². The molecule has 0 aliphatic rings. The summed E-state index contributed by atoms with van der Waals surface area (Å²) in [7, 11) is 1.59. The van der Waals surface area contributed by atoms with E-state index < -0.39 is 22.8 Å². The molecule has 0 unspecified atom stereocenters. The van der Waals surface area contributed by atoms with Gasteiger partial charge >= 0.3 is 11.7 Å². The molecule has 3 heterocycles. The molecule has 0 saturated heterocycles. The molecule has 11 nitrogen and oxygen atoms in total. The van der Waals surface area contributed by atoms with Crippen LogP contribution >= 0.6 is 11.3 Å². The van der Waals surface area contributed by atoms with E-state index in [0.717, 1.165) is 10.1 Å². The summed E-state index contributed by atoms with van der Waals surface area (Å²) in [5.74, 6) is -0.617. The minimum absolute atomic E-state index is 0.196. The molecule has 4 aromatic rings. The second kappa shape index (κ2) is 10.1. The monoisotopic (exact) mass is 513 g/mol. The predicted octanol–water partition coefficient (Wildman–Crippen LogP) is 2.20. The normalized spacial score (nSPS) is 11.8. The van der Waals surface area contributed by atoms with E-state index in [1.165, 1.54) is 46.9 Å². The van der Waals surface area contributed by atoms with Crippen molar-refractivity contribution in [1.82, 2.24) is 24.1 Å². The third-order valence-electron chi connectivity index (χ3n) is 5.99. The van der Waals surface area contributed by atoms with Crippen LogP contribution in [-0.2, 0) is 28.0 Å². The molecule has 1 aromatic carbocycles. The molecule has 190 valence electrons. The smallest absolute Gasteiger partial charge is 0.333 e. The molecule has 0 atom stereocenters. The maximum atomic E-state index is 13.7. The van der Waals surface area contributed by atoms with Gasteiger partial charge in [0.2, 0.25) is 0 Å². The molecule has 0 aliphatic carbocycles. The van der Waals surface area contributed by atoms with Crippen LogP contribution in [0, 0.1) is 6.92 Å². The standard InChI is InChI=1S/C24H27N5O6S/c1-15-18-19(30)28(24(2,3)22(31)32)23(33)27(21(18)36-20(15)29-25-10-11-26-29)12-9-16-7-5-6-8-17(16)35-14-13-34-4/h5-8,10-11H,9,12-14H2,1-4H3,(H,31,32). The number of aryl methyl sites for hydroxylation is 3. The average Bonchev–Trinajstić information content (AvgIpc) is 3.48. The highest BCUT2D eigenvalue weighted by Crippen LogP contribution is 2.31. The van der Waals surface area contributed by atoms with E-state index >= 15 is 0 Å². The van der Waals surface area contributed by atoms with E-state index in [9.17, 15) is 19.5 Å². The van der Waals surface area contributed by atoms with Gasteiger partial charge in [0.25, 0.3) is 5.56 Å². The van der Waals surface area contributed by atoms with Crippen molar-refractivity contribution >= 4 is 27.5 Å². The summed E-state index contributed by atoms with van der Waals surface area (Å²) in [6.45, 7) is 5.42. The number of aromatic nitrogens is 5. The highest BCUT2D eigenvalue weighted by molar-refractivity contribution is 7.21. The maximum absolute atomic E-state index is 13.7. The van der Waals surface area contributed by atoms with Crippen LogP contribution in [0.25, 0.3) is 15.2 Å². The minimum Gasteiger partial charge on any atom is -0.491 e. The Morgan fingerprint density at radius 1 is 1.14 bits per heavy atom. The molecule has 36 heavy (non-hydrogen) atoms. The lowest BCUT2D eigenvalue weighted by molar-refractivity contribution is -0.146. The minimum atomic E-state index is -1.76. The lowest BCUT2D eigenvalue weighted by Gasteiger charge is -2.23. The Balaban J connectivity index is 1.88. The molecule has 0 aliphatic heterocycles. The van der Waals surface area contributed by atoms with Gasteiger partial charge in [-0.05, 0) is 38.8 Å². The van der Waals surface area contributed by atoms with Crippen molar-refractivity contribution in [2.45, 2.75) is 39.3 Å². The number of carbonyl (C=O) groups is 1. The van der Waals surface area contributed by atoms with Gasteiger partial charge in [-0.3, -0.25) is 9.36 Å². The van der Waals surface area contributed by atoms with E-state index in [1.54, 1.807) is 14.0 Å². The zero-order valence-corrected chi connectivity index (χ0v) is 21.2. The maximum Gasteiger partial charge on any atom is 0.333 e. The number of aliphatic carboxylic acids is 1. The Bertz CT molecular complexity index is 1520. The number of thiophene rings is 1. The number of benzene rings is 1. The first-order valence-corrected chi connectivity index (χ1v) is 12.1. The van der Waals surface area contributed by atoms with Crippen LogP contribution in [0.2, 0.25) is 0 Å². The second-order valence-corrected chi connectivity index (χ2v) is 9.65. The number of ether oxygens (including phenoxy) is 2. The van der Waals surface area contributed by atoms with Crippen LogP contribution < -0.4 is 16.0 Å². The Hall–Kier alpha value is -3.77.